The van der Waals surface area contributed by atoms with Gasteiger partial charge in [-0.05, 0) is 30.3 Å². The van der Waals surface area contributed by atoms with Crippen LogP contribution in [0, 0.1) is 0 Å². The van der Waals surface area contributed by atoms with E-state index in [1.54, 1.807) is 18.6 Å². The molecule has 0 spiro atoms. The largest absolute Gasteiger partial charge is 0.368 e. The average molecular weight is 333 g/mol. The quantitative estimate of drug-likeness (QED) is 0.757. The predicted octanol–water partition coefficient (Wildman–Crippen LogP) is 2.09. The molecule has 3 aromatic rings. The van der Waals surface area contributed by atoms with Crippen LogP contribution in [0.2, 0.25) is 0 Å². The topological polar surface area (TPSA) is 78.9 Å². The van der Waals surface area contributed by atoms with Crippen molar-refractivity contribution in [3.63, 3.8) is 0 Å². The molecule has 4 rings (SSSR count). The minimum absolute atomic E-state index is 0.517. The monoisotopic (exact) mass is 333 g/mol. The number of hydrogen-bond donors (Lipinski definition) is 2. The van der Waals surface area contributed by atoms with Gasteiger partial charge in [0.2, 0.25) is 5.95 Å². The maximum Gasteiger partial charge on any atom is 0.228 e. The van der Waals surface area contributed by atoms with E-state index in [1.807, 2.05) is 30.5 Å². The SMILES string of the molecule is c1cncc(-c2ccnc(Nc3ccc(N4CCNCC4)cn3)n2)c1. The Labute approximate surface area is 146 Å². The van der Waals surface area contributed by atoms with Crippen LogP contribution in [0.15, 0.2) is 55.1 Å². The molecule has 7 heteroatoms. The molecule has 0 saturated carbocycles. The molecule has 0 amide bonds. The number of aromatic nitrogens is 4. The normalized spacial score (nSPS) is 14.3. The zero-order valence-electron chi connectivity index (χ0n) is 13.8. The van der Waals surface area contributed by atoms with Gasteiger partial charge in [0.1, 0.15) is 5.82 Å². The molecular weight excluding hydrogens is 314 g/mol. The number of nitrogens with zero attached hydrogens (tertiary/aromatic N) is 5. The Hall–Kier alpha value is -3.06. The summed E-state index contributed by atoms with van der Waals surface area (Å²) in [5.41, 5.74) is 2.91. The van der Waals surface area contributed by atoms with Crippen LogP contribution in [0.4, 0.5) is 17.5 Å². The highest BCUT2D eigenvalue weighted by Gasteiger charge is 2.11. The van der Waals surface area contributed by atoms with Gasteiger partial charge in [-0.25, -0.2) is 15.0 Å². The Bertz CT molecular complexity index is 814. The van der Waals surface area contributed by atoms with E-state index in [2.05, 4.69) is 41.5 Å². The van der Waals surface area contributed by atoms with E-state index in [0.717, 1.165) is 48.9 Å². The second kappa shape index (κ2) is 7.23. The second-order valence-corrected chi connectivity index (χ2v) is 5.77. The number of anilines is 3. The Morgan fingerprint density at radius 3 is 2.64 bits per heavy atom. The molecule has 1 aliphatic heterocycles. The van der Waals surface area contributed by atoms with Gasteiger partial charge in [-0.1, -0.05) is 0 Å². The zero-order chi connectivity index (χ0) is 16.9. The van der Waals surface area contributed by atoms with E-state index < -0.39 is 0 Å². The Kier molecular flexibility index (Phi) is 4.47. The molecule has 7 nitrogen and oxygen atoms in total. The fourth-order valence-electron chi connectivity index (χ4n) is 2.78. The van der Waals surface area contributed by atoms with Crippen LogP contribution in [0.5, 0.6) is 0 Å². The number of hydrogen-bond acceptors (Lipinski definition) is 7. The van der Waals surface area contributed by atoms with Crippen molar-refractivity contribution >= 4 is 17.5 Å². The summed E-state index contributed by atoms with van der Waals surface area (Å²) in [4.78, 5) is 19.7. The van der Waals surface area contributed by atoms with Gasteiger partial charge in [-0.2, -0.15) is 0 Å². The molecule has 0 bridgehead atoms. The molecule has 0 aromatic carbocycles. The summed E-state index contributed by atoms with van der Waals surface area (Å²) in [7, 11) is 0. The van der Waals surface area contributed by atoms with Crippen LogP contribution in [-0.4, -0.2) is 46.1 Å². The molecule has 1 saturated heterocycles. The van der Waals surface area contributed by atoms with Crippen molar-refractivity contribution in [3.8, 4) is 11.3 Å². The van der Waals surface area contributed by atoms with Crippen LogP contribution in [0.1, 0.15) is 0 Å². The van der Waals surface area contributed by atoms with Crippen molar-refractivity contribution in [2.24, 2.45) is 0 Å². The highest BCUT2D eigenvalue weighted by molar-refractivity contribution is 5.60. The lowest BCUT2D eigenvalue weighted by molar-refractivity contribution is 0.589. The lowest BCUT2D eigenvalue weighted by Crippen LogP contribution is -2.43. The zero-order valence-corrected chi connectivity index (χ0v) is 13.8. The van der Waals surface area contributed by atoms with Crippen LogP contribution in [-0.2, 0) is 0 Å². The third-order valence-electron chi connectivity index (χ3n) is 4.08. The molecule has 25 heavy (non-hydrogen) atoms. The maximum atomic E-state index is 4.53. The third-order valence-corrected chi connectivity index (χ3v) is 4.08. The van der Waals surface area contributed by atoms with Crippen molar-refractivity contribution < 1.29 is 0 Å². The van der Waals surface area contributed by atoms with Crippen LogP contribution in [0.3, 0.4) is 0 Å². The van der Waals surface area contributed by atoms with Crippen molar-refractivity contribution in [2.75, 3.05) is 36.4 Å². The van der Waals surface area contributed by atoms with Gasteiger partial charge in [0.05, 0.1) is 17.6 Å². The Balaban J connectivity index is 1.48. The highest BCUT2D eigenvalue weighted by atomic mass is 15.2. The predicted molar refractivity (Wildman–Crippen MR) is 97.9 cm³/mol. The first-order valence-corrected chi connectivity index (χ1v) is 8.31. The van der Waals surface area contributed by atoms with Crippen molar-refractivity contribution in [1.29, 1.82) is 0 Å². The van der Waals surface area contributed by atoms with E-state index in [9.17, 15) is 0 Å². The van der Waals surface area contributed by atoms with Gasteiger partial charge in [-0.3, -0.25) is 4.98 Å². The smallest absolute Gasteiger partial charge is 0.228 e. The molecule has 126 valence electrons. The van der Waals surface area contributed by atoms with Crippen molar-refractivity contribution in [3.05, 3.63) is 55.1 Å². The summed E-state index contributed by atoms with van der Waals surface area (Å²) in [6.45, 7) is 4.03. The number of piperazine rings is 1. The number of rotatable bonds is 4. The Morgan fingerprint density at radius 2 is 1.88 bits per heavy atom. The maximum absolute atomic E-state index is 4.53. The third kappa shape index (κ3) is 3.72. The van der Waals surface area contributed by atoms with Crippen LogP contribution < -0.4 is 15.5 Å². The number of nitrogens with one attached hydrogen (secondary N) is 2. The first-order valence-electron chi connectivity index (χ1n) is 8.31. The van der Waals surface area contributed by atoms with Gasteiger partial charge in [0.25, 0.3) is 0 Å². The van der Waals surface area contributed by atoms with Gasteiger partial charge < -0.3 is 15.5 Å². The molecule has 1 aliphatic rings. The van der Waals surface area contributed by atoms with E-state index in [4.69, 9.17) is 0 Å². The lowest BCUT2D eigenvalue weighted by atomic mass is 10.2. The molecule has 2 N–H and O–H groups in total. The van der Waals surface area contributed by atoms with Gasteiger partial charge in [-0.15, -0.1) is 0 Å². The van der Waals surface area contributed by atoms with E-state index in [-0.39, 0.29) is 0 Å². The second-order valence-electron chi connectivity index (χ2n) is 5.77. The first-order chi connectivity index (χ1) is 12.4. The molecule has 1 fully saturated rings. The molecule has 0 aliphatic carbocycles. The summed E-state index contributed by atoms with van der Waals surface area (Å²) < 4.78 is 0. The van der Waals surface area contributed by atoms with E-state index >= 15 is 0 Å². The summed E-state index contributed by atoms with van der Waals surface area (Å²) >= 11 is 0. The molecule has 0 radical (unpaired) electrons. The van der Waals surface area contributed by atoms with Crippen molar-refractivity contribution in [2.45, 2.75) is 0 Å². The standard InChI is InChI=1S/C18H19N7/c1-2-14(12-20-6-1)16-5-7-21-18(23-16)24-17-4-3-15(13-22-17)25-10-8-19-9-11-25/h1-7,12-13,19H,8-11H2,(H,21,22,23,24). The Morgan fingerprint density at radius 1 is 0.960 bits per heavy atom. The summed E-state index contributed by atoms with van der Waals surface area (Å²) in [6, 6.07) is 9.76. The first kappa shape index (κ1) is 15.5. The van der Waals surface area contributed by atoms with E-state index in [1.165, 1.54) is 0 Å². The number of pyridine rings is 2. The highest BCUT2D eigenvalue weighted by Crippen LogP contribution is 2.19. The molecule has 0 unspecified atom stereocenters. The minimum atomic E-state index is 0.517. The summed E-state index contributed by atoms with van der Waals surface area (Å²) in [5.74, 6) is 1.24. The fraction of sp³-hybridized carbons (Fsp3) is 0.222. The molecule has 0 atom stereocenters. The van der Waals surface area contributed by atoms with Crippen molar-refractivity contribution in [1.82, 2.24) is 25.3 Å². The molecule has 4 heterocycles. The minimum Gasteiger partial charge on any atom is -0.368 e. The molecular formula is C18H19N7. The van der Waals surface area contributed by atoms with Gasteiger partial charge in [0.15, 0.2) is 0 Å². The van der Waals surface area contributed by atoms with Gasteiger partial charge >= 0.3 is 0 Å². The summed E-state index contributed by atoms with van der Waals surface area (Å²) in [6.07, 6.45) is 7.14. The molecule has 3 aromatic heterocycles. The lowest BCUT2D eigenvalue weighted by Gasteiger charge is -2.29. The van der Waals surface area contributed by atoms with Gasteiger partial charge in [0, 0.05) is 50.3 Å². The summed E-state index contributed by atoms with van der Waals surface area (Å²) in [5, 5.41) is 6.51. The van der Waals surface area contributed by atoms with Crippen LogP contribution in [0.25, 0.3) is 11.3 Å². The average Bonchev–Trinajstić information content (AvgIpc) is 2.70. The van der Waals surface area contributed by atoms with Crippen LogP contribution >= 0.6 is 0 Å². The van der Waals surface area contributed by atoms with E-state index in [0.29, 0.717) is 5.95 Å². The fourth-order valence-corrected chi connectivity index (χ4v) is 2.78.